The Hall–Kier alpha value is -0.800. The van der Waals surface area contributed by atoms with Crippen LogP contribution in [0.15, 0.2) is 22.8 Å². The highest BCUT2D eigenvalue weighted by molar-refractivity contribution is 4.98. The fraction of sp³-hybridized carbons (Fsp3) is 0.692. The Balaban J connectivity index is 1.75. The van der Waals surface area contributed by atoms with Gasteiger partial charge in [0.1, 0.15) is 5.76 Å². The molecule has 0 spiro atoms. The van der Waals surface area contributed by atoms with Gasteiger partial charge in [-0.15, -0.1) is 0 Å². The van der Waals surface area contributed by atoms with Crippen LogP contribution in [0.25, 0.3) is 0 Å². The minimum Gasteiger partial charge on any atom is -0.468 e. The molecule has 1 fully saturated rings. The smallest absolute Gasteiger partial charge is 0.117 e. The van der Waals surface area contributed by atoms with Gasteiger partial charge in [0, 0.05) is 12.1 Å². The van der Waals surface area contributed by atoms with Crippen LogP contribution in [-0.2, 0) is 6.54 Å². The van der Waals surface area contributed by atoms with Crippen LogP contribution in [0.3, 0.4) is 0 Å². The lowest BCUT2D eigenvalue weighted by Gasteiger charge is -2.37. The lowest BCUT2D eigenvalue weighted by molar-refractivity contribution is 0.142. The number of furan rings is 1. The molecule has 3 heteroatoms. The van der Waals surface area contributed by atoms with E-state index < -0.39 is 0 Å². The maximum Gasteiger partial charge on any atom is 0.117 e. The van der Waals surface area contributed by atoms with E-state index >= 15 is 0 Å². The van der Waals surface area contributed by atoms with E-state index in [0.29, 0.717) is 12.1 Å². The summed E-state index contributed by atoms with van der Waals surface area (Å²) < 4.78 is 5.32. The zero-order valence-electron chi connectivity index (χ0n) is 10.3. The Bertz CT molecular complexity index is 297. The Labute approximate surface area is 97.8 Å². The molecule has 2 heterocycles. The highest BCUT2D eigenvalue weighted by Crippen LogP contribution is 2.17. The van der Waals surface area contributed by atoms with Gasteiger partial charge in [-0.25, -0.2) is 0 Å². The van der Waals surface area contributed by atoms with Crippen LogP contribution in [0.2, 0.25) is 0 Å². The Morgan fingerprint density at radius 1 is 1.56 bits per heavy atom. The lowest BCUT2D eigenvalue weighted by atomic mass is 9.98. The first kappa shape index (κ1) is 11.7. The monoisotopic (exact) mass is 222 g/mol. The molecule has 0 amide bonds. The lowest BCUT2D eigenvalue weighted by Crippen LogP contribution is -2.46. The number of rotatable bonds is 4. The van der Waals surface area contributed by atoms with Gasteiger partial charge in [-0.1, -0.05) is 6.92 Å². The second-order valence-corrected chi connectivity index (χ2v) is 4.66. The van der Waals surface area contributed by atoms with E-state index in [4.69, 9.17) is 4.42 Å². The highest BCUT2D eigenvalue weighted by Gasteiger charge is 2.23. The van der Waals surface area contributed by atoms with E-state index in [1.54, 1.807) is 6.26 Å². The predicted octanol–water partition coefficient (Wildman–Crippen LogP) is 2.24. The zero-order chi connectivity index (χ0) is 11.4. The van der Waals surface area contributed by atoms with Crippen molar-refractivity contribution in [1.29, 1.82) is 0 Å². The molecule has 1 aromatic heterocycles. The Morgan fingerprint density at radius 2 is 2.44 bits per heavy atom. The van der Waals surface area contributed by atoms with Crippen LogP contribution in [0, 0.1) is 0 Å². The largest absolute Gasteiger partial charge is 0.468 e. The van der Waals surface area contributed by atoms with E-state index in [9.17, 15) is 0 Å². The molecular weight excluding hydrogens is 200 g/mol. The number of nitrogens with zero attached hydrogens (tertiary/aromatic N) is 1. The molecule has 2 atom stereocenters. The topological polar surface area (TPSA) is 28.4 Å². The summed E-state index contributed by atoms with van der Waals surface area (Å²) in [7, 11) is 0. The summed E-state index contributed by atoms with van der Waals surface area (Å²) in [4.78, 5) is 2.55. The highest BCUT2D eigenvalue weighted by atomic mass is 16.3. The summed E-state index contributed by atoms with van der Waals surface area (Å²) in [5.41, 5.74) is 0. The van der Waals surface area contributed by atoms with Crippen LogP contribution < -0.4 is 5.32 Å². The standard InChI is InChI=1S/C13H22N2O/c1-3-15-7-6-12(9-11(15)2)14-10-13-5-4-8-16-13/h4-5,8,11-12,14H,3,6-7,9-10H2,1-2H3. The SMILES string of the molecule is CCN1CCC(NCc2ccco2)CC1C. The average molecular weight is 222 g/mol. The maximum absolute atomic E-state index is 5.32. The summed E-state index contributed by atoms with van der Waals surface area (Å²) in [5, 5.41) is 3.58. The Kier molecular flexibility index (Phi) is 4.02. The molecular formula is C13H22N2O. The van der Waals surface area contributed by atoms with Crippen LogP contribution in [0.4, 0.5) is 0 Å². The Morgan fingerprint density at radius 3 is 3.06 bits per heavy atom. The fourth-order valence-corrected chi connectivity index (χ4v) is 2.53. The minimum atomic E-state index is 0.642. The number of hydrogen-bond acceptors (Lipinski definition) is 3. The van der Waals surface area contributed by atoms with Crippen molar-refractivity contribution < 1.29 is 4.42 Å². The van der Waals surface area contributed by atoms with Gasteiger partial charge in [0.05, 0.1) is 12.8 Å². The molecule has 0 bridgehead atoms. The van der Waals surface area contributed by atoms with Crippen LogP contribution in [0.1, 0.15) is 32.4 Å². The molecule has 2 rings (SSSR count). The van der Waals surface area contributed by atoms with E-state index in [2.05, 4.69) is 24.1 Å². The van der Waals surface area contributed by atoms with E-state index in [-0.39, 0.29) is 0 Å². The minimum absolute atomic E-state index is 0.642. The molecule has 3 nitrogen and oxygen atoms in total. The molecule has 0 radical (unpaired) electrons. The molecule has 16 heavy (non-hydrogen) atoms. The van der Waals surface area contributed by atoms with E-state index in [0.717, 1.165) is 12.3 Å². The van der Waals surface area contributed by atoms with Gasteiger partial charge in [0.2, 0.25) is 0 Å². The third-order valence-electron chi connectivity index (χ3n) is 3.57. The van der Waals surface area contributed by atoms with E-state index in [1.165, 1.54) is 25.9 Å². The summed E-state index contributed by atoms with van der Waals surface area (Å²) in [6.07, 6.45) is 4.23. The number of likely N-dealkylation sites (tertiary alicyclic amines) is 1. The molecule has 1 aliphatic rings. The van der Waals surface area contributed by atoms with Crippen LogP contribution in [-0.4, -0.2) is 30.1 Å². The first-order valence-corrected chi connectivity index (χ1v) is 6.29. The van der Waals surface area contributed by atoms with Crippen molar-refractivity contribution in [2.45, 2.75) is 45.3 Å². The maximum atomic E-state index is 5.32. The van der Waals surface area contributed by atoms with Gasteiger partial charge in [-0.05, 0) is 45.0 Å². The fourth-order valence-electron chi connectivity index (χ4n) is 2.53. The van der Waals surface area contributed by atoms with Crippen molar-refractivity contribution in [2.24, 2.45) is 0 Å². The number of nitrogens with one attached hydrogen (secondary N) is 1. The summed E-state index contributed by atoms with van der Waals surface area (Å²) in [6.45, 7) is 7.81. The third kappa shape index (κ3) is 2.86. The summed E-state index contributed by atoms with van der Waals surface area (Å²) in [5.74, 6) is 1.03. The van der Waals surface area contributed by atoms with Gasteiger partial charge >= 0.3 is 0 Å². The van der Waals surface area contributed by atoms with Gasteiger partial charge in [-0.3, -0.25) is 0 Å². The normalized spacial score (nSPS) is 27.1. The number of hydrogen-bond donors (Lipinski definition) is 1. The van der Waals surface area contributed by atoms with Gasteiger partial charge in [0.25, 0.3) is 0 Å². The molecule has 1 aromatic rings. The van der Waals surface area contributed by atoms with Crippen molar-refractivity contribution in [3.63, 3.8) is 0 Å². The molecule has 2 unspecified atom stereocenters. The molecule has 0 aliphatic carbocycles. The van der Waals surface area contributed by atoms with E-state index in [1.807, 2.05) is 12.1 Å². The average Bonchev–Trinajstić information content (AvgIpc) is 2.79. The van der Waals surface area contributed by atoms with Crippen LogP contribution >= 0.6 is 0 Å². The van der Waals surface area contributed by atoms with Crippen molar-refractivity contribution in [3.05, 3.63) is 24.2 Å². The van der Waals surface area contributed by atoms with Crippen molar-refractivity contribution in [3.8, 4) is 0 Å². The van der Waals surface area contributed by atoms with Crippen LogP contribution in [0.5, 0.6) is 0 Å². The van der Waals surface area contributed by atoms with Crippen molar-refractivity contribution >= 4 is 0 Å². The second kappa shape index (κ2) is 5.51. The molecule has 0 saturated carbocycles. The summed E-state index contributed by atoms with van der Waals surface area (Å²) >= 11 is 0. The van der Waals surface area contributed by atoms with Gasteiger partial charge in [0.15, 0.2) is 0 Å². The van der Waals surface area contributed by atoms with Crippen molar-refractivity contribution in [2.75, 3.05) is 13.1 Å². The molecule has 90 valence electrons. The van der Waals surface area contributed by atoms with Gasteiger partial charge in [-0.2, -0.15) is 0 Å². The second-order valence-electron chi connectivity index (χ2n) is 4.66. The molecule has 0 aromatic carbocycles. The molecule has 1 N–H and O–H groups in total. The predicted molar refractivity (Wildman–Crippen MR) is 65.3 cm³/mol. The van der Waals surface area contributed by atoms with Crippen molar-refractivity contribution in [1.82, 2.24) is 10.2 Å². The zero-order valence-corrected chi connectivity index (χ0v) is 10.3. The third-order valence-corrected chi connectivity index (χ3v) is 3.57. The quantitative estimate of drug-likeness (QED) is 0.847. The molecule has 1 aliphatic heterocycles. The molecule has 1 saturated heterocycles. The number of piperidine rings is 1. The first-order valence-electron chi connectivity index (χ1n) is 6.29. The summed E-state index contributed by atoms with van der Waals surface area (Å²) in [6, 6.07) is 5.31. The first-order chi connectivity index (χ1) is 7.79. The van der Waals surface area contributed by atoms with Gasteiger partial charge < -0.3 is 14.6 Å².